The molecule has 3 unspecified atom stereocenters. The summed E-state index contributed by atoms with van der Waals surface area (Å²) in [5.74, 6) is 1.74. The number of hydrogen-bond acceptors (Lipinski definition) is 4. The molecule has 1 N–H and O–H groups in total. The zero-order chi connectivity index (χ0) is 15.0. The first kappa shape index (κ1) is 14.8. The molecule has 0 amide bonds. The van der Waals surface area contributed by atoms with E-state index in [1.807, 2.05) is 13.8 Å². The average Bonchev–Trinajstić information content (AvgIpc) is 2.84. The van der Waals surface area contributed by atoms with Crippen LogP contribution >= 0.6 is 0 Å². The van der Waals surface area contributed by atoms with E-state index in [0.29, 0.717) is 23.3 Å². The third kappa shape index (κ3) is 2.51. The van der Waals surface area contributed by atoms with Gasteiger partial charge >= 0.3 is 5.69 Å². The van der Waals surface area contributed by atoms with Gasteiger partial charge in [0.1, 0.15) is 5.69 Å². The highest BCUT2D eigenvalue weighted by atomic mass is 16.6. The lowest BCUT2D eigenvalue weighted by Crippen LogP contribution is -2.26. The molecule has 0 radical (unpaired) electrons. The molecule has 6 heteroatoms. The van der Waals surface area contributed by atoms with Crippen molar-refractivity contribution in [3.8, 4) is 0 Å². The van der Waals surface area contributed by atoms with Crippen LogP contribution in [-0.2, 0) is 0 Å². The normalized spacial score (nSPS) is 26.2. The maximum atomic E-state index is 11.3. The molecule has 2 rings (SSSR count). The molecule has 1 aromatic rings. The van der Waals surface area contributed by atoms with Crippen LogP contribution in [0.5, 0.6) is 0 Å². The molecule has 1 saturated carbocycles. The highest BCUT2D eigenvalue weighted by Crippen LogP contribution is 2.37. The van der Waals surface area contributed by atoms with E-state index in [0.717, 1.165) is 6.42 Å². The van der Waals surface area contributed by atoms with Crippen molar-refractivity contribution in [3.05, 3.63) is 15.8 Å². The van der Waals surface area contributed by atoms with Crippen LogP contribution in [0.15, 0.2) is 0 Å². The SMILES string of the molecule is Cc1nn(C(C)C)c(NC2CCC(C)C2C)c1[N+](=O)[O-]. The third-order valence-electron chi connectivity index (χ3n) is 4.51. The number of nitrogens with zero attached hydrogens (tertiary/aromatic N) is 3. The fourth-order valence-electron chi connectivity index (χ4n) is 3.01. The Morgan fingerprint density at radius 1 is 1.40 bits per heavy atom. The summed E-state index contributed by atoms with van der Waals surface area (Å²) < 4.78 is 1.74. The molecule has 1 aliphatic rings. The van der Waals surface area contributed by atoms with E-state index >= 15 is 0 Å². The summed E-state index contributed by atoms with van der Waals surface area (Å²) in [6, 6.07) is 0.385. The van der Waals surface area contributed by atoms with Gasteiger partial charge in [0.2, 0.25) is 5.82 Å². The third-order valence-corrected chi connectivity index (χ3v) is 4.51. The summed E-state index contributed by atoms with van der Waals surface area (Å²) in [5, 5.41) is 19.0. The van der Waals surface area contributed by atoms with Crippen molar-refractivity contribution in [2.24, 2.45) is 11.8 Å². The number of aryl methyl sites for hydroxylation is 1. The molecule has 0 saturated heterocycles. The van der Waals surface area contributed by atoms with Crippen molar-refractivity contribution < 1.29 is 4.92 Å². The molecule has 0 aromatic carbocycles. The number of anilines is 1. The van der Waals surface area contributed by atoms with Crippen LogP contribution in [0.2, 0.25) is 0 Å². The van der Waals surface area contributed by atoms with Gasteiger partial charge in [-0.3, -0.25) is 10.1 Å². The monoisotopic (exact) mass is 280 g/mol. The van der Waals surface area contributed by atoms with Gasteiger partial charge in [0.05, 0.1) is 4.92 Å². The lowest BCUT2D eigenvalue weighted by Gasteiger charge is -2.21. The first-order valence-corrected chi connectivity index (χ1v) is 7.33. The Hall–Kier alpha value is -1.59. The Balaban J connectivity index is 2.36. The van der Waals surface area contributed by atoms with Crippen molar-refractivity contribution >= 4 is 11.5 Å². The predicted octanol–water partition coefficient (Wildman–Crippen LogP) is 3.53. The van der Waals surface area contributed by atoms with Gasteiger partial charge in [0.15, 0.2) is 0 Å². The average molecular weight is 280 g/mol. The Labute approximate surface area is 119 Å². The molecule has 112 valence electrons. The van der Waals surface area contributed by atoms with Gasteiger partial charge in [-0.2, -0.15) is 5.10 Å². The van der Waals surface area contributed by atoms with Crippen LogP contribution in [0.1, 0.15) is 52.3 Å². The predicted molar refractivity (Wildman–Crippen MR) is 79.0 cm³/mol. The standard InChI is InChI=1S/C14H24N4O2/c1-8(2)17-14(13(18(19)20)11(5)16-17)15-12-7-6-9(3)10(12)4/h8-10,12,15H,6-7H2,1-5H3. The minimum Gasteiger partial charge on any atom is -0.362 e. The van der Waals surface area contributed by atoms with Crippen LogP contribution < -0.4 is 5.32 Å². The number of rotatable bonds is 4. The smallest absolute Gasteiger partial charge is 0.333 e. The van der Waals surface area contributed by atoms with E-state index < -0.39 is 0 Å². The molecule has 0 spiro atoms. The van der Waals surface area contributed by atoms with Gasteiger partial charge < -0.3 is 5.32 Å². The van der Waals surface area contributed by atoms with Crippen LogP contribution in [0.4, 0.5) is 11.5 Å². The Bertz CT molecular complexity index is 510. The quantitative estimate of drug-likeness (QED) is 0.676. The lowest BCUT2D eigenvalue weighted by molar-refractivity contribution is -0.384. The van der Waals surface area contributed by atoms with Crippen LogP contribution in [-0.4, -0.2) is 20.7 Å². The van der Waals surface area contributed by atoms with E-state index in [4.69, 9.17) is 0 Å². The molecule has 1 fully saturated rings. The molecule has 0 aliphatic heterocycles. The molecule has 1 aliphatic carbocycles. The summed E-state index contributed by atoms with van der Waals surface area (Å²) in [6.45, 7) is 10.1. The van der Waals surface area contributed by atoms with Gasteiger partial charge in [0.25, 0.3) is 0 Å². The summed E-state index contributed by atoms with van der Waals surface area (Å²) in [5.41, 5.74) is 0.593. The second-order valence-corrected chi connectivity index (χ2v) is 6.24. The summed E-state index contributed by atoms with van der Waals surface area (Å²) in [4.78, 5) is 11.0. The molecular weight excluding hydrogens is 256 g/mol. The lowest BCUT2D eigenvalue weighted by atomic mass is 9.98. The van der Waals surface area contributed by atoms with Crippen molar-refractivity contribution in [3.63, 3.8) is 0 Å². The number of nitrogens with one attached hydrogen (secondary N) is 1. The first-order chi connectivity index (χ1) is 9.32. The highest BCUT2D eigenvalue weighted by molar-refractivity contribution is 5.60. The first-order valence-electron chi connectivity index (χ1n) is 7.33. The second-order valence-electron chi connectivity index (χ2n) is 6.24. The Morgan fingerprint density at radius 2 is 2.05 bits per heavy atom. The molecular formula is C14H24N4O2. The second kappa shape index (κ2) is 5.42. The maximum absolute atomic E-state index is 11.3. The van der Waals surface area contributed by atoms with Gasteiger partial charge in [-0.25, -0.2) is 4.68 Å². The minimum atomic E-state index is -0.327. The van der Waals surface area contributed by atoms with Crippen LogP contribution in [0.25, 0.3) is 0 Å². The minimum absolute atomic E-state index is 0.0963. The zero-order valence-corrected chi connectivity index (χ0v) is 12.9. The van der Waals surface area contributed by atoms with Crippen molar-refractivity contribution in [2.75, 3.05) is 5.32 Å². The van der Waals surface area contributed by atoms with Gasteiger partial charge in [-0.05, 0) is 45.4 Å². The highest BCUT2D eigenvalue weighted by Gasteiger charge is 2.34. The van der Waals surface area contributed by atoms with Crippen LogP contribution in [0, 0.1) is 28.9 Å². The molecule has 1 heterocycles. The Kier molecular flexibility index (Phi) is 4.01. The largest absolute Gasteiger partial charge is 0.362 e. The summed E-state index contributed by atoms with van der Waals surface area (Å²) >= 11 is 0. The zero-order valence-electron chi connectivity index (χ0n) is 12.9. The molecule has 6 nitrogen and oxygen atoms in total. The van der Waals surface area contributed by atoms with E-state index in [-0.39, 0.29) is 22.7 Å². The fourth-order valence-corrected chi connectivity index (χ4v) is 3.01. The van der Waals surface area contributed by atoms with Gasteiger partial charge in [-0.15, -0.1) is 0 Å². The summed E-state index contributed by atoms with van der Waals surface area (Å²) in [6.07, 6.45) is 2.23. The van der Waals surface area contributed by atoms with Crippen LogP contribution in [0.3, 0.4) is 0 Å². The maximum Gasteiger partial charge on any atom is 0.333 e. The summed E-state index contributed by atoms with van der Waals surface area (Å²) in [7, 11) is 0. The number of aromatic nitrogens is 2. The molecule has 1 aromatic heterocycles. The van der Waals surface area contributed by atoms with E-state index in [1.165, 1.54) is 6.42 Å². The molecule has 3 atom stereocenters. The van der Waals surface area contributed by atoms with E-state index in [2.05, 4.69) is 24.3 Å². The molecule has 0 bridgehead atoms. The fraction of sp³-hybridized carbons (Fsp3) is 0.786. The van der Waals surface area contributed by atoms with Crippen molar-refractivity contribution in [2.45, 2.75) is 59.5 Å². The van der Waals surface area contributed by atoms with Crippen molar-refractivity contribution in [1.29, 1.82) is 0 Å². The Morgan fingerprint density at radius 3 is 2.50 bits per heavy atom. The van der Waals surface area contributed by atoms with Gasteiger partial charge in [-0.1, -0.05) is 13.8 Å². The van der Waals surface area contributed by atoms with E-state index in [9.17, 15) is 10.1 Å². The van der Waals surface area contributed by atoms with Gasteiger partial charge in [0, 0.05) is 12.1 Å². The molecule has 20 heavy (non-hydrogen) atoms. The van der Waals surface area contributed by atoms with Crippen molar-refractivity contribution in [1.82, 2.24) is 9.78 Å². The topological polar surface area (TPSA) is 73.0 Å². The number of nitro groups is 1. The number of hydrogen-bond donors (Lipinski definition) is 1. The van der Waals surface area contributed by atoms with E-state index in [1.54, 1.807) is 11.6 Å².